The number of aliphatic imine (C=N–C) groups is 1. The maximum Gasteiger partial charge on any atom is 0.287 e. The SMILES string of the molecule is O=S(=O)(c1ccccc1)N(c1cccc(C2=NCCc3ccc(F)cc32)c1)S(=O)(=O)c1cccs1. The lowest BCUT2D eigenvalue weighted by atomic mass is 9.93. The first-order valence-corrected chi connectivity index (χ1v) is 14.4. The molecule has 4 aromatic rings. The number of fused-ring (bicyclic) bond motifs is 1. The largest absolute Gasteiger partial charge is 0.287 e. The minimum atomic E-state index is -4.50. The second-order valence-corrected chi connectivity index (χ2v) is 12.8. The van der Waals surface area contributed by atoms with Crippen LogP contribution in [-0.4, -0.2) is 29.1 Å². The second kappa shape index (κ2) is 9.03. The van der Waals surface area contributed by atoms with Crippen LogP contribution in [0.15, 0.2) is 104 Å². The van der Waals surface area contributed by atoms with Crippen molar-refractivity contribution in [1.82, 2.24) is 0 Å². The van der Waals surface area contributed by atoms with E-state index in [0.29, 0.717) is 33.5 Å². The Morgan fingerprint density at radius 2 is 1.63 bits per heavy atom. The fraction of sp³-hybridized carbons (Fsp3) is 0.0800. The highest BCUT2D eigenvalue weighted by Gasteiger charge is 2.37. The van der Waals surface area contributed by atoms with Crippen LogP contribution in [0.4, 0.5) is 10.1 Å². The number of anilines is 1. The first-order chi connectivity index (χ1) is 16.8. The van der Waals surface area contributed by atoms with Gasteiger partial charge in [-0.25, -0.2) is 12.8 Å². The summed E-state index contributed by atoms with van der Waals surface area (Å²) in [5.74, 6) is -0.414. The van der Waals surface area contributed by atoms with Crippen molar-refractivity contribution in [1.29, 1.82) is 0 Å². The summed E-state index contributed by atoms with van der Waals surface area (Å²) in [6.07, 6.45) is 0.653. The van der Waals surface area contributed by atoms with Gasteiger partial charge in [0.2, 0.25) is 0 Å². The highest BCUT2D eigenvalue weighted by molar-refractivity contribution is 8.11. The summed E-state index contributed by atoms with van der Waals surface area (Å²) >= 11 is 0.929. The van der Waals surface area contributed by atoms with Gasteiger partial charge in [-0.15, -0.1) is 11.3 Å². The summed E-state index contributed by atoms with van der Waals surface area (Å²) in [7, 11) is -8.97. The number of rotatable bonds is 6. The molecule has 0 saturated carbocycles. The van der Waals surface area contributed by atoms with Crippen LogP contribution < -0.4 is 3.71 Å². The van der Waals surface area contributed by atoms with Crippen molar-refractivity contribution in [2.45, 2.75) is 15.5 Å². The van der Waals surface area contributed by atoms with Crippen molar-refractivity contribution >= 4 is 42.8 Å². The zero-order chi connectivity index (χ0) is 24.6. The van der Waals surface area contributed by atoms with Gasteiger partial charge in [0.05, 0.1) is 16.3 Å². The smallest absolute Gasteiger partial charge is 0.284 e. The van der Waals surface area contributed by atoms with Gasteiger partial charge in [-0.3, -0.25) is 4.99 Å². The molecule has 0 aliphatic carbocycles. The Balaban J connectivity index is 1.69. The molecule has 0 fully saturated rings. The second-order valence-electron chi connectivity index (χ2n) is 7.78. The molecule has 0 spiro atoms. The molecular weight excluding hydrogens is 507 g/mol. The summed E-state index contributed by atoms with van der Waals surface area (Å²) in [5.41, 5.74) is 2.43. The van der Waals surface area contributed by atoms with Gasteiger partial charge in [-0.2, -0.15) is 12.1 Å². The summed E-state index contributed by atoms with van der Waals surface area (Å²) < 4.78 is 69.0. The Kier molecular flexibility index (Phi) is 6.04. The number of halogens is 1. The molecule has 1 aromatic heterocycles. The fourth-order valence-corrected chi connectivity index (χ4v) is 8.85. The Bertz CT molecular complexity index is 1630. The third kappa shape index (κ3) is 4.29. The van der Waals surface area contributed by atoms with E-state index < -0.39 is 25.9 Å². The lowest BCUT2D eigenvalue weighted by molar-refractivity contribution is 0.585. The summed E-state index contributed by atoms with van der Waals surface area (Å²) in [6.45, 7) is 0.484. The van der Waals surface area contributed by atoms with E-state index in [0.717, 1.165) is 16.9 Å². The van der Waals surface area contributed by atoms with Gasteiger partial charge in [0.1, 0.15) is 10.0 Å². The van der Waals surface area contributed by atoms with Gasteiger partial charge in [-0.1, -0.05) is 42.5 Å². The first kappa shape index (κ1) is 23.4. The minimum Gasteiger partial charge on any atom is -0.284 e. The molecule has 0 atom stereocenters. The van der Waals surface area contributed by atoms with Crippen LogP contribution in [0, 0.1) is 5.82 Å². The van der Waals surface area contributed by atoms with Crippen molar-refractivity contribution in [2.75, 3.05) is 10.3 Å². The number of hydrogen-bond donors (Lipinski definition) is 0. The van der Waals surface area contributed by atoms with Crippen molar-refractivity contribution in [3.63, 3.8) is 0 Å². The van der Waals surface area contributed by atoms with Crippen LogP contribution in [-0.2, 0) is 26.5 Å². The van der Waals surface area contributed by atoms with E-state index in [9.17, 15) is 21.2 Å². The molecule has 0 bridgehead atoms. The molecule has 3 aromatic carbocycles. The van der Waals surface area contributed by atoms with Crippen LogP contribution >= 0.6 is 11.3 Å². The van der Waals surface area contributed by atoms with Gasteiger partial charge in [-0.05, 0) is 59.8 Å². The molecule has 0 N–H and O–H groups in total. The van der Waals surface area contributed by atoms with Crippen molar-refractivity contribution < 1.29 is 21.2 Å². The topological polar surface area (TPSA) is 83.9 Å². The molecule has 0 saturated heterocycles. The van der Waals surface area contributed by atoms with Crippen molar-refractivity contribution in [3.05, 3.63) is 113 Å². The van der Waals surface area contributed by atoms with Gasteiger partial charge in [0, 0.05) is 17.7 Å². The average molecular weight is 527 g/mol. The van der Waals surface area contributed by atoms with E-state index in [4.69, 9.17) is 0 Å². The molecule has 2 heterocycles. The molecule has 5 rings (SSSR count). The van der Waals surface area contributed by atoms with Crippen LogP contribution in [0.5, 0.6) is 0 Å². The van der Waals surface area contributed by atoms with E-state index in [1.807, 2.05) is 0 Å². The summed E-state index contributed by atoms with van der Waals surface area (Å²) in [6, 6.07) is 20.9. The Labute approximate surface area is 207 Å². The molecule has 0 radical (unpaired) electrons. The lowest BCUT2D eigenvalue weighted by Gasteiger charge is -2.24. The number of nitrogens with zero attached hydrogens (tertiary/aromatic N) is 2. The highest BCUT2D eigenvalue weighted by Crippen LogP contribution is 2.34. The number of sulfonamides is 2. The van der Waals surface area contributed by atoms with Crippen molar-refractivity contribution in [2.24, 2.45) is 4.99 Å². The molecule has 1 aliphatic rings. The maximum absolute atomic E-state index is 14.0. The van der Waals surface area contributed by atoms with Crippen LogP contribution in [0.2, 0.25) is 0 Å². The quantitative estimate of drug-likeness (QED) is 0.359. The first-order valence-electron chi connectivity index (χ1n) is 10.6. The van der Waals surface area contributed by atoms with Crippen LogP contribution in [0.25, 0.3) is 0 Å². The third-order valence-corrected chi connectivity index (χ3v) is 11.1. The predicted molar refractivity (Wildman–Crippen MR) is 135 cm³/mol. The molecule has 1 aliphatic heterocycles. The maximum atomic E-state index is 14.0. The van der Waals surface area contributed by atoms with E-state index >= 15 is 0 Å². The zero-order valence-corrected chi connectivity index (χ0v) is 20.7. The zero-order valence-electron chi connectivity index (χ0n) is 18.2. The monoisotopic (exact) mass is 526 g/mol. The normalized spacial score (nSPS) is 13.7. The predicted octanol–water partition coefficient (Wildman–Crippen LogP) is 4.86. The third-order valence-electron chi connectivity index (χ3n) is 5.54. The van der Waals surface area contributed by atoms with E-state index in [1.54, 1.807) is 35.7 Å². The van der Waals surface area contributed by atoms with Gasteiger partial charge < -0.3 is 0 Å². The van der Waals surface area contributed by atoms with Crippen LogP contribution in [0.1, 0.15) is 16.7 Å². The number of hydrogen-bond acceptors (Lipinski definition) is 6. The van der Waals surface area contributed by atoms with E-state index in [2.05, 4.69) is 4.99 Å². The molecule has 0 unspecified atom stereocenters. The molecule has 6 nitrogen and oxygen atoms in total. The molecular formula is C25H19FN2O4S3. The summed E-state index contributed by atoms with van der Waals surface area (Å²) in [5, 5.41) is 1.57. The summed E-state index contributed by atoms with van der Waals surface area (Å²) in [4.78, 5) is 4.39. The van der Waals surface area contributed by atoms with E-state index in [-0.39, 0.29) is 14.8 Å². The lowest BCUT2D eigenvalue weighted by Crippen LogP contribution is -2.36. The standard InChI is InChI=1S/C25H19FN2O4S3/c26-20-12-11-18-13-14-27-25(23(18)17-20)19-6-4-7-21(16-19)28(35(31,32)24-10-5-15-33-24)34(29,30)22-8-2-1-3-9-22/h1-12,15-17H,13-14H2. The molecule has 0 amide bonds. The molecule has 35 heavy (non-hydrogen) atoms. The van der Waals surface area contributed by atoms with E-state index in [1.165, 1.54) is 54.6 Å². The number of benzene rings is 3. The van der Waals surface area contributed by atoms with Crippen molar-refractivity contribution in [3.8, 4) is 0 Å². The molecule has 178 valence electrons. The Hall–Kier alpha value is -3.34. The minimum absolute atomic E-state index is 0.0639. The number of thiophene rings is 1. The van der Waals surface area contributed by atoms with Gasteiger partial charge in [0.25, 0.3) is 20.0 Å². The van der Waals surface area contributed by atoms with Gasteiger partial charge in [0.15, 0.2) is 0 Å². The van der Waals surface area contributed by atoms with Gasteiger partial charge >= 0.3 is 0 Å². The average Bonchev–Trinajstić information content (AvgIpc) is 3.40. The Morgan fingerprint density at radius 3 is 2.37 bits per heavy atom. The fourth-order valence-electron chi connectivity index (χ4n) is 3.96. The Morgan fingerprint density at radius 1 is 0.829 bits per heavy atom. The highest BCUT2D eigenvalue weighted by atomic mass is 32.3. The van der Waals surface area contributed by atoms with Crippen LogP contribution in [0.3, 0.4) is 0 Å². The molecule has 10 heteroatoms.